The summed E-state index contributed by atoms with van der Waals surface area (Å²) >= 11 is 0. The maximum Gasteiger partial charge on any atom is 0.332 e. The summed E-state index contributed by atoms with van der Waals surface area (Å²) in [7, 11) is 3.07. The SMILES string of the molecule is CCOc1ccc(NC(=O)CC2C(=O)N(c3cccc(C)c3)C(=O)N2Cc2ccc(OC)c(OC)c2)cc1. The third-order valence-corrected chi connectivity index (χ3v) is 6.21. The van der Waals surface area contributed by atoms with Crippen molar-refractivity contribution in [3.05, 3.63) is 77.9 Å². The van der Waals surface area contributed by atoms with Gasteiger partial charge < -0.3 is 24.4 Å². The number of carbonyl (C=O) groups excluding carboxylic acids is 3. The highest BCUT2D eigenvalue weighted by molar-refractivity contribution is 6.22. The van der Waals surface area contributed by atoms with Gasteiger partial charge in [-0.1, -0.05) is 18.2 Å². The zero-order chi connectivity index (χ0) is 27.2. The third kappa shape index (κ3) is 5.72. The lowest BCUT2D eigenvalue weighted by Gasteiger charge is -2.22. The zero-order valence-electron chi connectivity index (χ0n) is 21.9. The number of nitrogens with zero attached hydrogens (tertiary/aromatic N) is 2. The van der Waals surface area contributed by atoms with Gasteiger partial charge in [0.2, 0.25) is 5.91 Å². The Morgan fingerprint density at radius 1 is 0.947 bits per heavy atom. The minimum absolute atomic E-state index is 0.105. The molecular formula is C29H31N3O6. The van der Waals surface area contributed by atoms with E-state index in [2.05, 4.69) is 5.32 Å². The van der Waals surface area contributed by atoms with Crippen LogP contribution in [-0.2, 0) is 16.1 Å². The number of carbonyl (C=O) groups is 3. The lowest BCUT2D eigenvalue weighted by molar-refractivity contribution is -0.124. The van der Waals surface area contributed by atoms with Crippen molar-refractivity contribution in [1.29, 1.82) is 0 Å². The molecule has 0 bridgehead atoms. The van der Waals surface area contributed by atoms with Crippen molar-refractivity contribution in [2.24, 2.45) is 0 Å². The van der Waals surface area contributed by atoms with Crippen molar-refractivity contribution < 1.29 is 28.6 Å². The molecule has 1 N–H and O–H groups in total. The van der Waals surface area contributed by atoms with Crippen LogP contribution in [0.25, 0.3) is 0 Å². The molecule has 1 saturated heterocycles. The van der Waals surface area contributed by atoms with Crippen LogP contribution in [-0.4, -0.2) is 49.6 Å². The number of hydrogen-bond acceptors (Lipinski definition) is 6. The van der Waals surface area contributed by atoms with Crippen LogP contribution in [0.5, 0.6) is 17.2 Å². The maximum absolute atomic E-state index is 13.6. The number of benzene rings is 3. The smallest absolute Gasteiger partial charge is 0.332 e. The first kappa shape index (κ1) is 26.5. The number of rotatable bonds is 10. The summed E-state index contributed by atoms with van der Waals surface area (Å²) in [6.45, 7) is 4.42. The van der Waals surface area contributed by atoms with Gasteiger partial charge in [-0.2, -0.15) is 0 Å². The summed E-state index contributed by atoms with van der Waals surface area (Å²) in [5, 5.41) is 2.82. The van der Waals surface area contributed by atoms with Crippen LogP contribution in [0.4, 0.5) is 16.2 Å². The molecule has 9 nitrogen and oxygen atoms in total. The predicted molar refractivity (Wildman–Crippen MR) is 144 cm³/mol. The first-order valence-electron chi connectivity index (χ1n) is 12.3. The first-order chi connectivity index (χ1) is 18.3. The van der Waals surface area contributed by atoms with Gasteiger partial charge in [0.15, 0.2) is 11.5 Å². The molecule has 198 valence electrons. The maximum atomic E-state index is 13.6. The van der Waals surface area contributed by atoms with Gasteiger partial charge in [-0.25, -0.2) is 9.69 Å². The predicted octanol–water partition coefficient (Wildman–Crippen LogP) is 4.78. The van der Waals surface area contributed by atoms with Gasteiger partial charge in [-0.3, -0.25) is 9.59 Å². The van der Waals surface area contributed by atoms with E-state index in [0.717, 1.165) is 16.0 Å². The van der Waals surface area contributed by atoms with E-state index in [4.69, 9.17) is 14.2 Å². The summed E-state index contributed by atoms with van der Waals surface area (Å²) in [6, 6.07) is 17.9. The Morgan fingerprint density at radius 3 is 2.34 bits per heavy atom. The Hall–Kier alpha value is -4.53. The van der Waals surface area contributed by atoms with E-state index in [1.165, 1.54) is 12.0 Å². The highest BCUT2D eigenvalue weighted by Crippen LogP contribution is 2.32. The Balaban J connectivity index is 1.60. The van der Waals surface area contributed by atoms with Crippen LogP contribution in [0.1, 0.15) is 24.5 Å². The summed E-state index contributed by atoms with van der Waals surface area (Å²) < 4.78 is 16.1. The molecule has 0 radical (unpaired) electrons. The van der Waals surface area contributed by atoms with E-state index in [1.54, 1.807) is 67.8 Å². The Kier molecular flexibility index (Phi) is 8.15. The topological polar surface area (TPSA) is 97.4 Å². The van der Waals surface area contributed by atoms with Crippen molar-refractivity contribution >= 4 is 29.2 Å². The van der Waals surface area contributed by atoms with Crippen molar-refractivity contribution in [1.82, 2.24) is 4.90 Å². The molecule has 0 spiro atoms. The molecule has 4 amide bonds. The van der Waals surface area contributed by atoms with Crippen LogP contribution in [0.2, 0.25) is 0 Å². The molecule has 4 rings (SSSR count). The molecule has 1 unspecified atom stereocenters. The fourth-order valence-corrected chi connectivity index (χ4v) is 4.38. The summed E-state index contributed by atoms with van der Waals surface area (Å²) in [6.07, 6.45) is -0.201. The average molecular weight is 518 g/mol. The van der Waals surface area contributed by atoms with Gasteiger partial charge in [0.25, 0.3) is 5.91 Å². The number of urea groups is 1. The van der Waals surface area contributed by atoms with Gasteiger partial charge in [-0.15, -0.1) is 0 Å². The normalized spacial score (nSPS) is 15.0. The molecule has 1 heterocycles. The fourth-order valence-electron chi connectivity index (χ4n) is 4.38. The number of aryl methyl sites for hydroxylation is 1. The molecule has 1 atom stereocenters. The molecule has 0 saturated carbocycles. The fraction of sp³-hybridized carbons (Fsp3) is 0.276. The van der Waals surface area contributed by atoms with Crippen molar-refractivity contribution in [2.45, 2.75) is 32.9 Å². The van der Waals surface area contributed by atoms with Crippen molar-refractivity contribution in [3.8, 4) is 17.2 Å². The van der Waals surface area contributed by atoms with E-state index in [-0.39, 0.29) is 18.9 Å². The van der Waals surface area contributed by atoms with E-state index in [0.29, 0.717) is 35.2 Å². The summed E-state index contributed by atoms with van der Waals surface area (Å²) in [5.74, 6) is 0.902. The van der Waals surface area contributed by atoms with Crippen LogP contribution in [0, 0.1) is 6.92 Å². The van der Waals surface area contributed by atoms with Crippen LogP contribution in [0.3, 0.4) is 0 Å². The van der Waals surface area contributed by atoms with Crippen molar-refractivity contribution in [3.63, 3.8) is 0 Å². The largest absolute Gasteiger partial charge is 0.494 e. The minimum Gasteiger partial charge on any atom is -0.494 e. The van der Waals surface area contributed by atoms with Crippen LogP contribution >= 0.6 is 0 Å². The number of hydrogen-bond donors (Lipinski definition) is 1. The lowest BCUT2D eigenvalue weighted by Crippen LogP contribution is -2.37. The molecule has 9 heteroatoms. The van der Waals surface area contributed by atoms with Gasteiger partial charge in [0.1, 0.15) is 11.8 Å². The van der Waals surface area contributed by atoms with Crippen LogP contribution < -0.4 is 24.4 Å². The molecule has 3 aromatic rings. The number of methoxy groups -OCH3 is 2. The number of ether oxygens (including phenoxy) is 3. The molecule has 0 aromatic heterocycles. The van der Waals surface area contributed by atoms with E-state index < -0.39 is 18.0 Å². The minimum atomic E-state index is -0.987. The summed E-state index contributed by atoms with van der Waals surface area (Å²) in [4.78, 5) is 42.8. The standard InChI is InChI=1S/C29H31N3O6/c1-5-38-23-12-10-21(11-13-23)30-27(33)17-24-28(34)32(22-8-6-7-19(2)15-22)29(35)31(24)18-20-9-14-25(36-3)26(16-20)37-4/h6-16,24H,5,17-18H2,1-4H3,(H,30,33). The Labute approximate surface area is 221 Å². The molecule has 1 aliphatic rings. The third-order valence-electron chi connectivity index (χ3n) is 6.21. The molecule has 0 aliphatic carbocycles. The second-order valence-electron chi connectivity index (χ2n) is 8.84. The Morgan fingerprint density at radius 2 is 1.68 bits per heavy atom. The quantitative estimate of drug-likeness (QED) is 0.389. The van der Waals surface area contributed by atoms with Crippen molar-refractivity contribution in [2.75, 3.05) is 31.0 Å². The van der Waals surface area contributed by atoms with E-state index in [1.807, 2.05) is 19.9 Å². The number of imide groups is 1. The number of anilines is 2. The highest BCUT2D eigenvalue weighted by atomic mass is 16.5. The zero-order valence-corrected chi connectivity index (χ0v) is 21.9. The van der Waals surface area contributed by atoms with E-state index in [9.17, 15) is 14.4 Å². The van der Waals surface area contributed by atoms with Gasteiger partial charge in [0.05, 0.1) is 32.9 Å². The summed E-state index contributed by atoms with van der Waals surface area (Å²) in [5.41, 5.74) is 2.67. The monoisotopic (exact) mass is 517 g/mol. The second-order valence-corrected chi connectivity index (χ2v) is 8.84. The van der Waals surface area contributed by atoms with Gasteiger partial charge >= 0.3 is 6.03 Å². The first-order valence-corrected chi connectivity index (χ1v) is 12.3. The molecule has 1 aliphatic heterocycles. The average Bonchev–Trinajstić information content (AvgIpc) is 3.13. The number of nitrogens with one attached hydrogen (secondary N) is 1. The lowest BCUT2D eigenvalue weighted by atomic mass is 10.1. The highest BCUT2D eigenvalue weighted by Gasteiger charge is 2.46. The molecular weight excluding hydrogens is 486 g/mol. The van der Waals surface area contributed by atoms with Gasteiger partial charge in [0, 0.05) is 12.2 Å². The molecule has 1 fully saturated rings. The second kappa shape index (κ2) is 11.7. The molecule has 38 heavy (non-hydrogen) atoms. The van der Waals surface area contributed by atoms with E-state index >= 15 is 0 Å². The Bertz CT molecular complexity index is 1320. The number of amides is 4. The van der Waals surface area contributed by atoms with Crippen LogP contribution in [0.15, 0.2) is 66.7 Å². The molecule has 3 aromatic carbocycles. The van der Waals surface area contributed by atoms with Gasteiger partial charge in [-0.05, 0) is 73.5 Å².